The lowest BCUT2D eigenvalue weighted by atomic mass is 9.94. The van der Waals surface area contributed by atoms with Crippen LogP contribution in [0.1, 0.15) is 17.7 Å². The summed E-state index contributed by atoms with van der Waals surface area (Å²) in [5.74, 6) is 0.921. The normalized spacial score (nSPS) is 18.6. The second kappa shape index (κ2) is 5.19. The summed E-state index contributed by atoms with van der Waals surface area (Å²) in [5, 5.41) is 3.42. The summed E-state index contributed by atoms with van der Waals surface area (Å²) in [7, 11) is 0. The van der Waals surface area contributed by atoms with Crippen LogP contribution in [0.5, 0.6) is 0 Å². The van der Waals surface area contributed by atoms with Crippen LogP contribution in [0.25, 0.3) is 0 Å². The molecule has 1 aromatic heterocycles. The Kier molecular flexibility index (Phi) is 3.90. The van der Waals surface area contributed by atoms with Gasteiger partial charge in [-0.25, -0.2) is 0 Å². The van der Waals surface area contributed by atoms with Crippen LogP contribution >= 0.6 is 23.1 Å². The minimum Gasteiger partial charge on any atom is -0.317 e. The molecule has 0 aliphatic carbocycles. The van der Waals surface area contributed by atoms with E-state index < -0.39 is 0 Å². The maximum atomic E-state index is 3.42. The summed E-state index contributed by atoms with van der Waals surface area (Å²) in [5.41, 5.74) is 0. The number of nitrogens with one attached hydrogen (secondary N) is 1. The monoisotopic (exact) mass is 227 g/mol. The average molecular weight is 227 g/mol. The van der Waals surface area contributed by atoms with Crippen molar-refractivity contribution in [3.8, 4) is 0 Å². The Morgan fingerprint density at radius 1 is 1.43 bits per heavy atom. The van der Waals surface area contributed by atoms with Gasteiger partial charge in [-0.05, 0) is 56.7 Å². The molecule has 0 atom stereocenters. The zero-order chi connectivity index (χ0) is 9.80. The molecule has 1 aromatic rings. The van der Waals surface area contributed by atoms with Crippen molar-refractivity contribution in [1.82, 2.24) is 5.32 Å². The molecular formula is C11H17NS2. The van der Waals surface area contributed by atoms with Crippen molar-refractivity contribution in [3.05, 3.63) is 17.0 Å². The van der Waals surface area contributed by atoms with Gasteiger partial charge in [-0.1, -0.05) is 0 Å². The third-order valence-corrected chi connectivity index (χ3v) is 4.98. The summed E-state index contributed by atoms with van der Waals surface area (Å²) in [6.07, 6.45) is 6.16. The highest BCUT2D eigenvalue weighted by molar-refractivity contribution is 8.00. The molecular weight excluding hydrogens is 210 g/mol. The first-order valence-electron chi connectivity index (χ1n) is 5.22. The molecule has 1 N–H and O–H groups in total. The van der Waals surface area contributed by atoms with E-state index in [1.54, 1.807) is 4.88 Å². The Labute approximate surface area is 94.3 Å². The van der Waals surface area contributed by atoms with Gasteiger partial charge in [0.25, 0.3) is 0 Å². The van der Waals surface area contributed by atoms with Gasteiger partial charge in [0.1, 0.15) is 0 Å². The van der Waals surface area contributed by atoms with E-state index in [4.69, 9.17) is 0 Å². The molecule has 1 aliphatic rings. The van der Waals surface area contributed by atoms with Gasteiger partial charge in [-0.2, -0.15) is 0 Å². The molecule has 1 saturated heterocycles. The van der Waals surface area contributed by atoms with Crippen molar-refractivity contribution < 1.29 is 0 Å². The predicted molar refractivity (Wildman–Crippen MR) is 65.4 cm³/mol. The van der Waals surface area contributed by atoms with Crippen molar-refractivity contribution in [2.45, 2.75) is 23.5 Å². The Balaban J connectivity index is 1.89. The summed E-state index contributed by atoms with van der Waals surface area (Å²) < 4.78 is 1.45. The lowest BCUT2D eigenvalue weighted by molar-refractivity contribution is 0.374. The van der Waals surface area contributed by atoms with Gasteiger partial charge < -0.3 is 5.32 Å². The number of thiophene rings is 1. The Morgan fingerprint density at radius 2 is 2.21 bits per heavy atom. The van der Waals surface area contributed by atoms with Crippen LogP contribution in [0.15, 0.2) is 16.3 Å². The molecule has 1 nitrogen and oxygen atoms in total. The second-order valence-electron chi connectivity index (χ2n) is 3.82. The Morgan fingerprint density at radius 3 is 2.86 bits per heavy atom. The molecule has 1 aliphatic heterocycles. The molecule has 2 rings (SSSR count). The van der Waals surface area contributed by atoms with E-state index in [2.05, 4.69) is 23.7 Å². The van der Waals surface area contributed by atoms with Crippen molar-refractivity contribution in [1.29, 1.82) is 0 Å². The van der Waals surface area contributed by atoms with E-state index in [-0.39, 0.29) is 0 Å². The summed E-state index contributed by atoms with van der Waals surface area (Å²) in [6, 6.07) is 4.56. The summed E-state index contributed by atoms with van der Waals surface area (Å²) in [6.45, 7) is 2.43. The fourth-order valence-corrected chi connectivity index (χ4v) is 3.66. The van der Waals surface area contributed by atoms with Crippen molar-refractivity contribution in [2.75, 3.05) is 19.3 Å². The number of thioether (sulfide) groups is 1. The molecule has 0 spiro atoms. The van der Waals surface area contributed by atoms with Gasteiger partial charge in [-0.15, -0.1) is 23.1 Å². The molecule has 14 heavy (non-hydrogen) atoms. The zero-order valence-corrected chi connectivity index (χ0v) is 10.2. The van der Waals surface area contributed by atoms with E-state index in [1.807, 2.05) is 23.1 Å². The minimum atomic E-state index is 0.921. The smallest absolute Gasteiger partial charge is 0.0598 e. The number of hydrogen-bond acceptors (Lipinski definition) is 3. The Bertz CT molecular complexity index is 277. The molecule has 0 radical (unpaired) electrons. The largest absolute Gasteiger partial charge is 0.317 e. The number of hydrogen-bond donors (Lipinski definition) is 1. The van der Waals surface area contributed by atoms with E-state index in [1.165, 1.54) is 36.6 Å². The van der Waals surface area contributed by atoms with Gasteiger partial charge in [-0.3, -0.25) is 0 Å². The molecule has 0 amide bonds. The molecule has 0 saturated carbocycles. The highest BCUT2D eigenvalue weighted by Gasteiger charge is 2.14. The van der Waals surface area contributed by atoms with Crippen LogP contribution in [0.3, 0.4) is 0 Å². The van der Waals surface area contributed by atoms with E-state index in [0.717, 1.165) is 5.92 Å². The van der Waals surface area contributed by atoms with Crippen LogP contribution in [-0.2, 0) is 6.42 Å². The lowest BCUT2D eigenvalue weighted by Crippen LogP contribution is -2.28. The van der Waals surface area contributed by atoms with Crippen LogP contribution in [0.4, 0.5) is 0 Å². The van der Waals surface area contributed by atoms with Crippen LogP contribution in [-0.4, -0.2) is 19.3 Å². The highest BCUT2D eigenvalue weighted by Crippen LogP contribution is 2.28. The van der Waals surface area contributed by atoms with E-state index in [0.29, 0.717) is 0 Å². The predicted octanol–water partition coefficient (Wildman–Crippen LogP) is 3.01. The first-order chi connectivity index (χ1) is 6.88. The standard InChI is InChI=1S/C11H17NS2/c1-13-11-3-2-10(14-11)8-9-4-6-12-7-5-9/h2-3,9,12H,4-8H2,1H3. The van der Waals surface area contributed by atoms with Gasteiger partial charge in [0.2, 0.25) is 0 Å². The minimum absolute atomic E-state index is 0.921. The van der Waals surface area contributed by atoms with Crippen molar-refractivity contribution >= 4 is 23.1 Å². The first-order valence-corrected chi connectivity index (χ1v) is 7.26. The summed E-state index contributed by atoms with van der Waals surface area (Å²) in [4.78, 5) is 1.57. The lowest BCUT2D eigenvalue weighted by Gasteiger charge is -2.21. The average Bonchev–Trinajstić information content (AvgIpc) is 2.67. The highest BCUT2D eigenvalue weighted by atomic mass is 32.2. The van der Waals surface area contributed by atoms with Gasteiger partial charge in [0, 0.05) is 4.88 Å². The topological polar surface area (TPSA) is 12.0 Å². The molecule has 78 valence electrons. The third kappa shape index (κ3) is 2.75. The quantitative estimate of drug-likeness (QED) is 0.797. The van der Waals surface area contributed by atoms with E-state index >= 15 is 0 Å². The fourth-order valence-electron chi connectivity index (χ4n) is 1.95. The van der Waals surface area contributed by atoms with Crippen molar-refractivity contribution in [3.63, 3.8) is 0 Å². The number of rotatable bonds is 3. The third-order valence-electron chi connectivity index (χ3n) is 2.79. The van der Waals surface area contributed by atoms with Crippen LogP contribution in [0.2, 0.25) is 0 Å². The van der Waals surface area contributed by atoms with Gasteiger partial charge in [0.05, 0.1) is 4.21 Å². The molecule has 0 unspecified atom stereocenters. The molecule has 3 heteroatoms. The second-order valence-corrected chi connectivity index (χ2v) is 6.10. The number of piperidine rings is 1. The Hall–Kier alpha value is 0.01000. The molecule has 2 heterocycles. The van der Waals surface area contributed by atoms with Gasteiger partial charge >= 0.3 is 0 Å². The maximum absolute atomic E-state index is 3.42. The van der Waals surface area contributed by atoms with Gasteiger partial charge in [0.15, 0.2) is 0 Å². The molecule has 0 aromatic carbocycles. The first kappa shape index (κ1) is 10.5. The fraction of sp³-hybridized carbons (Fsp3) is 0.636. The van der Waals surface area contributed by atoms with Crippen LogP contribution in [0, 0.1) is 5.92 Å². The van der Waals surface area contributed by atoms with E-state index in [9.17, 15) is 0 Å². The zero-order valence-electron chi connectivity index (χ0n) is 8.58. The maximum Gasteiger partial charge on any atom is 0.0598 e. The molecule has 0 bridgehead atoms. The van der Waals surface area contributed by atoms with Crippen LogP contribution < -0.4 is 5.32 Å². The SMILES string of the molecule is CSc1ccc(CC2CCNCC2)s1. The van der Waals surface area contributed by atoms with Crippen molar-refractivity contribution in [2.24, 2.45) is 5.92 Å². The molecule has 1 fully saturated rings. The summed E-state index contributed by atoms with van der Waals surface area (Å²) >= 11 is 3.83.